The number of alkyl halides is 3. The second kappa shape index (κ2) is 4.26. The molecule has 0 radical (unpaired) electrons. The third-order valence-electron chi connectivity index (χ3n) is 1.44. The maximum atomic E-state index is 12.9. The molecule has 0 atom stereocenters. The molecular formula is C8H5F5O. The van der Waals surface area contributed by atoms with E-state index in [-0.39, 0.29) is 0 Å². The Morgan fingerprint density at radius 2 is 1.86 bits per heavy atom. The minimum Gasteiger partial charge on any atom is -0.432 e. The van der Waals surface area contributed by atoms with Crippen LogP contribution >= 0.6 is 0 Å². The van der Waals surface area contributed by atoms with E-state index in [1.54, 1.807) is 0 Å². The number of hydrogen-bond donors (Lipinski definition) is 0. The quantitative estimate of drug-likeness (QED) is 0.699. The summed E-state index contributed by atoms with van der Waals surface area (Å²) in [5.74, 6) is -3.34. The van der Waals surface area contributed by atoms with Crippen LogP contribution in [0.4, 0.5) is 22.0 Å². The van der Waals surface area contributed by atoms with Crippen molar-refractivity contribution in [2.24, 2.45) is 0 Å². The molecule has 0 bridgehead atoms. The summed E-state index contributed by atoms with van der Waals surface area (Å²) in [6, 6.07) is 1.01. The Morgan fingerprint density at radius 3 is 2.36 bits per heavy atom. The molecule has 1 aromatic rings. The van der Waals surface area contributed by atoms with E-state index in [4.69, 9.17) is 0 Å². The van der Waals surface area contributed by atoms with Gasteiger partial charge >= 0.3 is 6.61 Å². The van der Waals surface area contributed by atoms with Crippen molar-refractivity contribution in [3.8, 4) is 5.75 Å². The highest BCUT2D eigenvalue weighted by molar-refractivity contribution is 5.31. The topological polar surface area (TPSA) is 9.23 Å². The fourth-order valence-corrected chi connectivity index (χ4v) is 0.897. The number of hydrogen-bond acceptors (Lipinski definition) is 1. The van der Waals surface area contributed by atoms with Gasteiger partial charge in [-0.3, -0.25) is 0 Å². The molecule has 0 amide bonds. The average Bonchev–Trinajstić information content (AvgIpc) is 2.09. The highest BCUT2D eigenvalue weighted by atomic mass is 19.3. The third-order valence-corrected chi connectivity index (χ3v) is 1.44. The van der Waals surface area contributed by atoms with Crippen LogP contribution < -0.4 is 4.74 Å². The van der Waals surface area contributed by atoms with E-state index < -0.39 is 36.2 Å². The molecule has 0 aliphatic heterocycles. The Labute approximate surface area is 76.1 Å². The lowest BCUT2D eigenvalue weighted by molar-refractivity contribution is -0.0524. The van der Waals surface area contributed by atoms with Gasteiger partial charge in [0.2, 0.25) is 0 Å². The van der Waals surface area contributed by atoms with Gasteiger partial charge in [0.1, 0.15) is 12.5 Å². The number of halogens is 5. The van der Waals surface area contributed by atoms with E-state index in [2.05, 4.69) is 4.74 Å². The molecule has 0 heterocycles. The van der Waals surface area contributed by atoms with Gasteiger partial charge in [-0.25, -0.2) is 13.2 Å². The van der Waals surface area contributed by atoms with Crippen molar-refractivity contribution >= 4 is 0 Å². The van der Waals surface area contributed by atoms with E-state index in [1.807, 2.05) is 0 Å². The molecule has 0 aliphatic carbocycles. The van der Waals surface area contributed by atoms with Crippen LogP contribution in [-0.4, -0.2) is 6.61 Å². The molecular weight excluding hydrogens is 207 g/mol. The molecule has 0 spiro atoms. The summed E-state index contributed by atoms with van der Waals surface area (Å²) < 4.78 is 64.5. The van der Waals surface area contributed by atoms with Crippen LogP contribution in [-0.2, 0) is 6.67 Å². The predicted molar refractivity (Wildman–Crippen MR) is 37.8 cm³/mol. The van der Waals surface area contributed by atoms with Gasteiger partial charge in [0.05, 0.1) is 0 Å². The summed E-state index contributed by atoms with van der Waals surface area (Å²) in [5, 5.41) is 0. The third kappa shape index (κ3) is 2.34. The first-order chi connectivity index (χ1) is 6.54. The maximum absolute atomic E-state index is 12.9. The molecule has 78 valence electrons. The molecule has 6 heteroatoms. The zero-order chi connectivity index (χ0) is 10.7. The highest BCUT2D eigenvalue weighted by Gasteiger charge is 2.15. The summed E-state index contributed by atoms with van der Waals surface area (Å²) in [4.78, 5) is 0. The van der Waals surface area contributed by atoms with Gasteiger partial charge in [-0.05, 0) is 6.07 Å². The fraction of sp³-hybridized carbons (Fsp3) is 0.250. The van der Waals surface area contributed by atoms with Gasteiger partial charge in [0, 0.05) is 11.6 Å². The van der Waals surface area contributed by atoms with Crippen molar-refractivity contribution in [3.63, 3.8) is 0 Å². The first-order valence-electron chi connectivity index (χ1n) is 3.53. The van der Waals surface area contributed by atoms with E-state index in [9.17, 15) is 22.0 Å². The normalized spacial score (nSPS) is 10.7. The average molecular weight is 212 g/mol. The lowest BCUT2D eigenvalue weighted by atomic mass is 10.2. The summed E-state index contributed by atoms with van der Waals surface area (Å²) in [5.41, 5.74) is -0.652. The van der Waals surface area contributed by atoms with Gasteiger partial charge in [-0.1, -0.05) is 0 Å². The van der Waals surface area contributed by atoms with Crippen LogP contribution in [0, 0.1) is 11.6 Å². The van der Waals surface area contributed by atoms with Gasteiger partial charge in [-0.15, -0.1) is 0 Å². The van der Waals surface area contributed by atoms with Gasteiger partial charge < -0.3 is 4.74 Å². The van der Waals surface area contributed by atoms with Crippen molar-refractivity contribution in [2.75, 3.05) is 0 Å². The number of ether oxygens (including phenoxy) is 1. The van der Waals surface area contributed by atoms with Crippen molar-refractivity contribution in [2.45, 2.75) is 13.3 Å². The lowest BCUT2D eigenvalue weighted by Gasteiger charge is -2.07. The Bertz CT molecular complexity index is 326. The minimum absolute atomic E-state index is 0.431. The Morgan fingerprint density at radius 1 is 1.21 bits per heavy atom. The Hall–Kier alpha value is -1.33. The molecule has 0 unspecified atom stereocenters. The summed E-state index contributed by atoms with van der Waals surface area (Å²) in [6.07, 6.45) is 0. The summed E-state index contributed by atoms with van der Waals surface area (Å²) in [7, 11) is 0. The van der Waals surface area contributed by atoms with Crippen LogP contribution in [0.25, 0.3) is 0 Å². The molecule has 14 heavy (non-hydrogen) atoms. The minimum atomic E-state index is -3.28. The van der Waals surface area contributed by atoms with Crippen molar-refractivity contribution in [1.29, 1.82) is 0 Å². The first-order valence-corrected chi connectivity index (χ1v) is 3.53. The number of rotatable bonds is 3. The van der Waals surface area contributed by atoms with Gasteiger partial charge in [0.25, 0.3) is 0 Å². The summed E-state index contributed by atoms with van der Waals surface area (Å²) in [6.45, 7) is -4.57. The monoisotopic (exact) mass is 212 g/mol. The van der Waals surface area contributed by atoms with Gasteiger partial charge in [-0.2, -0.15) is 8.78 Å². The maximum Gasteiger partial charge on any atom is 0.387 e. The van der Waals surface area contributed by atoms with E-state index in [0.717, 1.165) is 0 Å². The zero-order valence-electron chi connectivity index (χ0n) is 6.74. The molecule has 0 fully saturated rings. The van der Waals surface area contributed by atoms with E-state index in [0.29, 0.717) is 12.1 Å². The van der Waals surface area contributed by atoms with E-state index >= 15 is 0 Å². The predicted octanol–water partition coefficient (Wildman–Crippen LogP) is 3.04. The molecule has 1 aromatic carbocycles. The van der Waals surface area contributed by atoms with Crippen molar-refractivity contribution < 1.29 is 26.7 Å². The molecule has 0 N–H and O–H groups in total. The molecule has 1 rings (SSSR count). The van der Waals surface area contributed by atoms with E-state index in [1.165, 1.54) is 0 Å². The molecule has 0 saturated heterocycles. The molecule has 0 aliphatic rings. The first kappa shape index (κ1) is 10.7. The van der Waals surface area contributed by atoms with Gasteiger partial charge in [0.15, 0.2) is 11.6 Å². The standard InChI is InChI=1S/C8H5F5O/c9-3-4-1-5(10)2-6(7(4)11)14-8(12)13/h1-2,8H,3H2. The second-order valence-electron chi connectivity index (χ2n) is 2.39. The smallest absolute Gasteiger partial charge is 0.387 e. The molecule has 0 saturated carbocycles. The largest absolute Gasteiger partial charge is 0.432 e. The highest BCUT2D eigenvalue weighted by Crippen LogP contribution is 2.24. The summed E-state index contributed by atoms with van der Waals surface area (Å²) >= 11 is 0. The molecule has 1 nitrogen and oxygen atoms in total. The van der Waals surface area contributed by atoms with Crippen molar-refractivity contribution in [1.82, 2.24) is 0 Å². The SMILES string of the molecule is FCc1cc(F)cc(OC(F)F)c1F. The Balaban J connectivity index is 3.08. The van der Waals surface area contributed by atoms with Crippen LogP contribution in [0.5, 0.6) is 5.75 Å². The van der Waals surface area contributed by atoms with Crippen LogP contribution in [0.1, 0.15) is 5.56 Å². The number of benzene rings is 1. The van der Waals surface area contributed by atoms with Crippen LogP contribution in [0.15, 0.2) is 12.1 Å². The second-order valence-corrected chi connectivity index (χ2v) is 2.39. The fourth-order valence-electron chi connectivity index (χ4n) is 0.897. The van der Waals surface area contributed by atoms with Crippen molar-refractivity contribution in [3.05, 3.63) is 29.3 Å². The Kier molecular flexibility index (Phi) is 3.27. The lowest BCUT2D eigenvalue weighted by Crippen LogP contribution is -2.05. The zero-order valence-corrected chi connectivity index (χ0v) is 6.74. The van der Waals surface area contributed by atoms with Crippen LogP contribution in [0.2, 0.25) is 0 Å². The van der Waals surface area contributed by atoms with Crippen LogP contribution in [0.3, 0.4) is 0 Å². The molecule has 0 aromatic heterocycles.